The highest BCUT2D eigenvalue weighted by molar-refractivity contribution is 6.30. The highest BCUT2D eigenvalue weighted by Gasteiger charge is 2.45. The lowest BCUT2D eigenvalue weighted by molar-refractivity contribution is -0.131. The second kappa shape index (κ2) is 6.71. The summed E-state index contributed by atoms with van der Waals surface area (Å²) in [7, 11) is 0. The van der Waals surface area contributed by atoms with Crippen LogP contribution in [0, 0.1) is 18.8 Å². The summed E-state index contributed by atoms with van der Waals surface area (Å²) in [6, 6.07) is 7.51. The Morgan fingerprint density at radius 3 is 2.80 bits per heavy atom. The molecule has 4 rings (SSSR count). The Kier molecular flexibility index (Phi) is 4.42. The molecular weight excluding hydrogens is 338 g/mol. The lowest BCUT2D eigenvalue weighted by Gasteiger charge is -2.22. The minimum Gasteiger partial charge on any atom is -0.490 e. The van der Waals surface area contributed by atoms with Gasteiger partial charge in [0.1, 0.15) is 18.4 Å². The van der Waals surface area contributed by atoms with E-state index in [0.29, 0.717) is 23.4 Å². The van der Waals surface area contributed by atoms with Gasteiger partial charge < -0.3 is 9.64 Å². The Morgan fingerprint density at radius 2 is 2.08 bits per heavy atom. The van der Waals surface area contributed by atoms with Crippen molar-refractivity contribution in [3.63, 3.8) is 0 Å². The van der Waals surface area contributed by atoms with Crippen molar-refractivity contribution in [1.29, 1.82) is 0 Å². The van der Waals surface area contributed by atoms with Crippen LogP contribution in [0.25, 0.3) is 0 Å². The van der Waals surface area contributed by atoms with Gasteiger partial charge >= 0.3 is 0 Å². The van der Waals surface area contributed by atoms with Crippen molar-refractivity contribution in [2.75, 3.05) is 13.1 Å². The molecule has 1 amide bonds. The van der Waals surface area contributed by atoms with Gasteiger partial charge in [-0.2, -0.15) is 5.10 Å². The zero-order valence-corrected chi connectivity index (χ0v) is 15.0. The molecule has 1 saturated heterocycles. The lowest BCUT2D eigenvalue weighted by atomic mass is 9.99. The van der Waals surface area contributed by atoms with E-state index in [1.54, 1.807) is 10.9 Å². The molecule has 2 aliphatic rings. The number of amides is 1. The molecule has 6 heteroatoms. The number of halogens is 1. The number of hydrogen-bond acceptors (Lipinski definition) is 3. The van der Waals surface area contributed by atoms with Crippen LogP contribution >= 0.6 is 11.6 Å². The van der Waals surface area contributed by atoms with Crippen LogP contribution in [0.5, 0.6) is 5.75 Å². The van der Waals surface area contributed by atoms with Gasteiger partial charge in [-0.25, -0.2) is 0 Å². The molecule has 0 N–H and O–H groups in total. The summed E-state index contributed by atoms with van der Waals surface area (Å²) in [6.07, 6.45) is 6.03. The van der Waals surface area contributed by atoms with E-state index in [0.717, 1.165) is 37.2 Å². The predicted octanol–water partition coefficient (Wildman–Crippen LogP) is 3.16. The number of fused-ring (bicyclic) bond motifs is 1. The first-order chi connectivity index (χ1) is 12.1. The molecule has 0 spiro atoms. The minimum absolute atomic E-state index is 0.141. The molecule has 0 bridgehead atoms. The third-order valence-electron chi connectivity index (χ3n) is 5.30. The molecule has 1 saturated carbocycles. The average Bonchev–Trinajstić information content (AvgIpc) is 3.27. The molecule has 1 aliphatic carbocycles. The number of likely N-dealkylation sites (tertiary alicyclic amines) is 1. The summed E-state index contributed by atoms with van der Waals surface area (Å²) in [6.45, 7) is 3.91. The molecule has 5 nitrogen and oxygen atoms in total. The topological polar surface area (TPSA) is 47.4 Å². The molecule has 132 valence electrons. The molecule has 1 aromatic carbocycles. The van der Waals surface area contributed by atoms with E-state index in [4.69, 9.17) is 16.3 Å². The summed E-state index contributed by atoms with van der Waals surface area (Å²) in [4.78, 5) is 14.5. The summed E-state index contributed by atoms with van der Waals surface area (Å²) in [5, 5.41) is 4.92. The SMILES string of the molecule is Cc1cnn(CC(=O)N2C[C@@H]3CC[C@H](Oc4ccc(Cl)cc4)[C@@H]3C2)c1. The van der Waals surface area contributed by atoms with Crippen molar-refractivity contribution in [2.45, 2.75) is 32.4 Å². The Bertz CT molecular complexity index is 758. The van der Waals surface area contributed by atoms with E-state index in [1.807, 2.05) is 42.3 Å². The third kappa shape index (κ3) is 3.52. The summed E-state index contributed by atoms with van der Waals surface area (Å²) in [5.74, 6) is 1.95. The van der Waals surface area contributed by atoms with Crippen LogP contribution in [-0.2, 0) is 11.3 Å². The largest absolute Gasteiger partial charge is 0.490 e. The number of nitrogens with zero attached hydrogens (tertiary/aromatic N) is 3. The monoisotopic (exact) mass is 359 g/mol. The number of carbonyl (C=O) groups is 1. The summed E-state index contributed by atoms with van der Waals surface area (Å²) >= 11 is 5.93. The van der Waals surface area contributed by atoms with Crippen LogP contribution in [0.3, 0.4) is 0 Å². The molecular formula is C19H22ClN3O2. The Morgan fingerprint density at radius 1 is 1.28 bits per heavy atom. The van der Waals surface area contributed by atoms with E-state index in [1.165, 1.54) is 0 Å². The van der Waals surface area contributed by atoms with E-state index < -0.39 is 0 Å². The van der Waals surface area contributed by atoms with E-state index in [2.05, 4.69) is 5.10 Å². The van der Waals surface area contributed by atoms with Gasteiger partial charge in [-0.1, -0.05) is 11.6 Å². The minimum atomic E-state index is 0.141. The molecule has 25 heavy (non-hydrogen) atoms. The van der Waals surface area contributed by atoms with Crippen molar-refractivity contribution in [3.8, 4) is 5.75 Å². The maximum atomic E-state index is 12.6. The van der Waals surface area contributed by atoms with Crippen molar-refractivity contribution in [2.24, 2.45) is 11.8 Å². The van der Waals surface area contributed by atoms with E-state index in [-0.39, 0.29) is 12.0 Å². The first-order valence-corrected chi connectivity index (χ1v) is 9.15. The molecule has 2 heterocycles. The van der Waals surface area contributed by atoms with Gasteiger partial charge in [-0.3, -0.25) is 9.48 Å². The fourth-order valence-corrected chi connectivity index (χ4v) is 4.17. The average molecular weight is 360 g/mol. The van der Waals surface area contributed by atoms with E-state index in [9.17, 15) is 4.79 Å². The molecule has 0 radical (unpaired) electrons. The van der Waals surface area contributed by atoms with Crippen LogP contribution in [-0.4, -0.2) is 39.8 Å². The van der Waals surface area contributed by atoms with Gasteiger partial charge in [0, 0.05) is 30.2 Å². The highest BCUT2D eigenvalue weighted by atomic mass is 35.5. The molecule has 1 aromatic heterocycles. The van der Waals surface area contributed by atoms with Crippen LogP contribution in [0.1, 0.15) is 18.4 Å². The number of rotatable bonds is 4. The lowest BCUT2D eigenvalue weighted by Crippen LogP contribution is -2.34. The third-order valence-corrected chi connectivity index (χ3v) is 5.56. The first-order valence-electron chi connectivity index (χ1n) is 8.77. The highest BCUT2D eigenvalue weighted by Crippen LogP contribution is 2.40. The summed E-state index contributed by atoms with van der Waals surface area (Å²) < 4.78 is 7.90. The zero-order valence-electron chi connectivity index (χ0n) is 14.3. The van der Waals surface area contributed by atoms with E-state index >= 15 is 0 Å². The van der Waals surface area contributed by atoms with Gasteiger partial charge in [0.2, 0.25) is 5.91 Å². The number of aryl methyl sites for hydroxylation is 1. The fraction of sp³-hybridized carbons (Fsp3) is 0.474. The zero-order chi connectivity index (χ0) is 17.4. The fourth-order valence-electron chi connectivity index (χ4n) is 4.05. The van der Waals surface area contributed by atoms with Gasteiger partial charge in [-0.05, 0) is 55.5 Å². The standard InChI is InChI=1S/C19H22ClN3O2/c1-13-8-21-23(9-13)12-19(24)22-10-14-2-7-18(17(14)11-22)25-16-5-3-15(20)4-6-16/h3-6,8-9,14,17-18H,2,7,10-12H2,1H3/t14-,17+,18-/m0/s1. The molecule has 0 unspecified atom stereocenters. The maximum absolute atomic E-state index is 12.6. The van der Waals surface area contributed by atoms with Crippen LogP contribution in [0.4, 0.5) is 0 Å². The van der Waals surface area contributed by atoms with Gasteiger partial charge in [0.05, 0.1) is 6.20 Å². The van der Waals surface area contributed by atoms with Gasteiger partial charge in [-0.15, -0.1) is 0 Å². The van der Waals surface area contributed by atoms with Crippen molar-refractivity contribution in [3.05, 3.63) is 47.2 Å². The molecule has 2 fully saturated rings. The smallest absolute Gasteiger partial charge is 0.244 e. The first kappa shape index (κ1) is 16.5. The van der Waals surface area contributed by atoms with Crippen molar-refractivity contribution >= 4 is 17.5 Å². The Hall–Kier alpha value is -2.01. The van der Waals surface area contributed by atoms with Crippen LogP contribution in [0.15, 0.2) is 36.7 Å². The second-order valence-electron chi connectivity index (χ2n) is 7.13. The predicted molar refractivity (Wildman–Crippen MR) is 95.6 cm³/mol. The maximum Gasteiger partial charge on any atom is 0.244 e. The molecule has 2 aromatic rings. The van der Waals surface area contributed by atoms with Crippen LogP contribution in [0.2, 0.25) is 5.02 Å². The molecule has 3 atom stereocenters. The Labute approximate surface area is 152 Å². The summed E-state index contributed by atoms with van der Waals surface area (Å²) in [5.41, 5.74) is 1.07. The number of aromatic nitrogens is 2. The number of hydrogen-bond donors (Lipinski definition) is 0. The number of carbonyl (C=O) groups excluding carboxylic acids is 1. The molecule has 1 aliphatic heterocycles. The normalized spacial score (nSPS) is 25.2. The Balaban J connectivity index is 1.37. The van der Waals surface area contributed by atoms with Gasteiger partial charge in [0.15, 0.2) is 0 Å². The van der Waals surface area contributed by atoms with Crippen LogP contribution < -0.4 is 4.74 Å². The van der Waals surface area contributed by atoms with Gasteiger partial charge in [0.25, 0.3) is 0 Å². The number of ether oxygens (including phenoxy) is 1. The number of benzene rings is 1. The second-order valence-corrected chi connectivity index (χ2v) is 7.56. The quantitative estimate of drug-likeness (QED) is 0.842. The van der Waals surface area contributed by atoms with Crippen molar-refractivity contribution in [1.82, 2.24) is 14.7 Å². The van der Waals surface area contributed by atoms with Crippen molar-refractivity contribution < 1.29 is 9.53 Å².